The van der Waals surface area contributed by atoms with Crippen LogP contribution in [0.5, 0.6) is 5.75 Å². The van der Waals surface area contributed by atoms with Crippen molar-refractivity contribution in [2.75, 3.05) is 0 Å². The van der Waals surface area contributed by atoms with Crippen LogP contribution in [0.25, 0.3) is 0 Å². The van der Waals surface area contributed by atoms with Gasteiger partial charge in [0.05, 0.1) is 5.56 Å². The van der Waals surface area contributed by atoms with Crippen molar-refractivity contribution in [1.29, 1.82) is 0 Å². The molecule has 3 nitrogen and oxygen atoms in total. The molecule has 0 aromatic heterocycles. The van der Waals surface area contributed by atoms with Gasteiger partial charge < -0.3 is 10.2 Å². The SMILES string of the molecule is CCCCCCc1ccc([O-])cc1C(=O)O.[Na+]. The fourth-order valence-corrected chi connectivity index (χ4v) is 1.71. The minimum atomic E-state index is -1.01. The first kappa shape index (κ1) is 16.5. The summed E-state index contributed by atoms with van der Waals surface area (Å²) in [5.41, 5.74) is 0.923. The van der Waals surface area contributed by atoms with Gasteiger partial charge in [-0.2, -0.15) is 0 Å². The summed E-state index contributed by atoms with van der Waals surface area (Å²) in [6.45, 7) is 2.13. The monoisotopic (exact) mass is 244 g/mol. The fraction of sp³-hybridized carbons (Fsp3) is 0.462. The Morgan fingerprint density at radius 1 is 1.29 bits per heavy atom. The molecule has 0 aliphatic rings. The maximum Gasteiger partial charge on any atom is 1.00 e. The van der Waals surface area contributed by atoms with E-state index >= 15 is 0 Å². The number of hydrogen-bond donors (Lipinski definition) is 1. The summed E-state index contributed by atoms with van der Waals surface area (Å²) in [6.07, 6.45) is 5.15. The smallest absolute Gasteiger partial charge is 0.872 e. The maximum atomic E-state index is 11.1. The summed E-state index contributed by atoms with van der Waals surface area (Å²) >= 11 is 0. The van der Waals surface area contributed by atoms with E-state index in [1.807, 2.05) is 0 Å². The van der Waals surface area contributed by atoms with Crippen LogP contribution in [0, 0.1) is 0 Å². The standard InChI is InChI=1S/C13H18O3.Na/c1-2-3-4-5-6-10-7-8-11(14)9-12(10)13(15)16;/h7-9,14H,2-6H2,1H3,(H,15,16);/q;+1/p-1. The number of benzene rings is 1. The number of carboxylic acid groups (broad SMARTS) is 1. The first-order valence-corrected chi connectivity index (χ1v) is 5.68. The van der Waals surface area contributed by atoms with Gasteiger partial charge >= 0.3 is 35.5 Å². The van der Waals surface area contributed by atoms with Gasteiger partial charge in [0.2, 0.25) is 0 Å². The average molecular weight is 244 g/mol. The van der Waals surface area contributed by atoms with Crippen molar-refractivity contribution < 1.29 is 44.6 Å². The van der Waals surface area contributed by atoms with Gasteiger partial charge in [-0.05, 0) is 18.4 Å². The third-order valence-electron chi connectivity index (χ3n) is 2.61. The van der Waals surface area contributed by atoms with E-state index in [4.69, 9.17) is 5.11 Å². The van der Waals surface area contributed by atoms with E-state index in [2.05, 4.69) is 6.92 Å². The molecule has 17 heavy (non-hydrogen) atoms. The molecule has 0 saturated heterocycles. The van der Waals surface area contributed by atoms with Gasteiger partial charge in [-0.25, -0.2) is 4.79 Å². The molecule has 88 valence electrons. The normalized spacial score (nSPS) is 9.71. The molecule has 4 heteroatoms. The Morgan fingerprint density at radius 2 is 2.00 bits per heavy atom. The molecule has 0 atom stereocenters. The molecule has 1 aromatic carbocycles. The van der Waals surface area contributed by atoms with Crippen LogP contribution in [-0.2, 0) is 6.42 Å². The quantitative estimate of drug-likeness (QED) is 0.546. The summed E-state index contributed by atoms with van der Waals surface area (Å²) in [5.74, 6) is -1.25. The molecule has 0 aliphatic carbocycles. The first-order valence-electron chi connectivity index (χ1n) is 5.68. The Bertz CT molecular complexity index is 364. The molecule has 0 aliphatic heterocycles. The Morgan fingerprint density at radius 3 is 2.59 bits per heavy atom. The second-order valence-corrected chi connectivity index (χ2v) is 3.93. The molecule has 0 radical (unpaired) electrons. The van der Waals surface area contributed by atoms with E-state index < -0.39 is 5.97 Å². The molecule has 0 unspecified atom stereocenters. The molecule has 0 bridgehead atoms. The topological polar surface area (TPSA) is 60.4 Å². The second-order valence-electron chi connectivity index (χ2n) is 3.93. The van der Waals surface area contributed by atoms with Crippen LogP contribution in [0.15, 0.2) is 18.2 Å². The van der Waals surface area contributed by atoms with Gasteiger partial charge in [0.15, 0.2) is 0 Å². The number of rotatable bonds is 6. The third-order valence-corrected chi connectivity index (χ3v) is 2.61. The molecule has 0 spiro atoms. The van der Waals surface area contributed by atoms with E-state index in [-0.39, 0.29) is 40.9 Å². The summed E-state index contributed by atoms with van der Waals surface area (Å²) in [5, 5.41) is 20.0. The number of aryl methyl sites for hydroxylation is 1. The molecule has 0 fully saturated rings. The number of carbonyl (C=O) groups is 1. The minimum absolute atomic E-state index is 0. The number of hydrogen-bond acceptors (Lipinski definition) is 2. The van der Waals surface area contributed by atoms with Crippen molar-refractivity contribution in [2.24, 2.45) is 0 Å². The largest absolute Gasteiger partial charge is 1.00 e. The zero-order valence-electron chi connectivity index (χ0n) is 10.5. The van der Waals surface area contributed by atoms with E-state index in [9.17, 15) is 9.90 Å². The molecule has 0 amide bonds. The van der Waals surface area contributed by atoms with Crippen molar-refractivity contribution in [1.82, 2.24) is 0 Å². The Labute approximate surface area is 124 Å². The second kappa shape index (κ2) is 8.56. The minimum Gasteiger partial charge on any atom is -0.872 e. The predicted molar refractivity (Wildman–Crippen MR) is 60.7 cm³/mol. The van der Waals surface area contributed by atoms with E-state index in [1.165, 1.54) is 18.6 Å². The number of aromatic carboxylic acids is 1. The number of unbranched alkanes of at least 4 members (excludes halogenated alkanes) is 3. The average Bonchev–Trinajstić information content (AvgIpc) is 2.26. The predicted octanol–water partition coefficient (Wildman–Crippen LogP) is -0.415. The zero-order chi connectivity index (χ0) is 12.0. The van der Waals surface area contributed by atoms with Gasteiger partial charge in [-0.15, -0.1) is 5.75 Å². The van der Waals surface area contributed by atoms with Gasteiger partial charge in [-0.1, -0.05) is 44.4 Å². The summed E-state index contributed by atoms with van der Waals surface area (Å²) < 4.78 is 0. The molecule has 1 N–H and O–H groups in total. The van der Waals surface area contributed by atoms with E-state index in [1.54, 1.807) is 6.07 Å². The van der Waals surface area contributed by atoms with E-state index in [0.29, 0.717) is 0 Å². The van der Waals surface area contributed by atoms with E-state index in [0.717, 1.165) is 31.2 Å². The molecule has 1 aromatic rings. The Balaban J connectivity index is 0.00000256. The van der Waals surface area contributed by atoms with Crippen molar-refractivity contribution in [2.45, 2.75) is 39.0 Å². The number of carboxylic acids is 1. The van der Waals surface area contributed by atoms with Crippen molar-refractivity contribution in [3.05, 3.63) is 29.3 Å². The van der Waals surface area contributed by atoms with Crippen LogP contribution in [0.4, 0.5) is 0 Å². The van der Waals surface area contributed by atoms with Crippen LogP contribution in [0.3, 0.4) is 0 Å². The van der Waals surface area contributed by atoms with Crippen LogP contribution in [0.2, 0.25) is 0 Å². The molecule has 1 rings (SSSR count). The molecular weight excluding hydrogens is 227 g/mol. The maximum absolute atomic E-state index is 11.1. The van der Waals surface area contributed by atoms with Crippen LogP contribution >= 0.6 is 0 Å². The van der Waals surface area contributed by atoms with Gasteiger partial charge in [-0.3, -0.25) is 0 Å². The molecular formula is C13H17NaO3. The van der Waals surface area contributed by atoms with Crippen molar-refractivity contribution in [3.63, 3.8) is 0 Å². The first-order chi connectivity index (χ1) is 7.65. The van der Waals surface area contributed by atoms with Gasteiger partial charge in [0.1, 0.15) is 0 Å². The third kappa shape index (κ3) is 5.57. The summed E-state index contributed by atoms with van der Waals surface area (Å²) in [6, 6.07) is 4.27. The van der Waals surface area contributed by atoms with Crippen molar-refractivity contribution in [3.8, 4) is 5.75 Å². The van der Waals surface area contributed by atoms with Crippen LogP contribution < -0.4 is 34.7 Å². The van der Waals surface area contributed by atoms with Crippen molar-refractivity contribution >= 4 is 5.97 Å². The van der Waals surface area contributed by atoms with Crippen LogP contribution in [0.1, 0.15) is 48.5 Å². The molecule has 0 saturated carbocycles. The zero-order valence-corrected chi connectivity index (χ0v) is 12.5. The van der Waals surface area contributed by atoms with Crippen LogP contribution in [-0.4, -0.2) is 11.1 Å². The van der Waals surface area contributed by atoms with Gasteiger partial charge in [0.25, 0.3) is 0 Å². The van der Waals surface area contributed by atoms with Gasteiger partial charge in [0, 0.05) is 0 Å². The Kier molecular flexibility index (Phi) is 8.30. The fourth-order valence-electron chi connectivity index (χ4n) is 1.71. The summed E-state index contributed by atoms with van der Waals surface area (Å²) in [7, 11) is 0. The molecule has 0 heterocycles. The Hall–Kier alpha value is -0.510. The summed E-state index contributed by atoms with van der Waals surface area (Å²) in [4.78, 5) is 10.9.